The first kappa shape index (κ1) is 20.4. The molecule has 0 aromatic carbocycles. The second kappa shape index (κ2) is 10.3. The van der Waals surface area contributed by atoms with Crippen LogP contribution in [0.5, 0.6) is 0 Å². The van der Waals surface area contributed by atoms with Crippen molar-refractivity contribution in [3.8, 4) is 0 Å². The van der Waals surface area contributed by atoms with Crippen LogP contribution in [-0.4, -0.2) is 50.3 Å². The van der Waals surface area contributed by atoms with Gasteiger partial charge in [0.15, 0.2) is 5.96 Å². The minimum Gasteiger partial charge on any atom is -0.379 e. The van der Waals surface area contributed by atoms with Crippen molar-refractivity contribution >= 4 is 41.3 Å². The zero-order valence-electron chi connectivity index (χ0n) is 13.9. The molecule has 1 fully saturated rings. The van der Waals surface area contributed by atoms with Crippen LogP contribution in [0.4, 0.5) is 0 Å². The number of thiophene rings is 1. The molecular formula is C16H27IN4OS. The SMILES string of the molecule is C=C(C)CNC(N)=NCC(c1ccc(C)s1)N1CCOCC1.I. The van der Waals surface area contributed by atoms with Crippen LogP contribution in [-0.2, 0) is 4.74 Å². The predicted molar refractivity (Wildman–Crippen MR) is 109 cm³/mol. The summed E-state index contributed by atoms with van der Waals surface area (Å²) in [6.45, 7) is 12.7. The highest BCUT2D eigenvalue weighted by atomic mass is 127. The van der Waals surface area contributed by atoms with Crippen LogP contribution in [0.3, 0.4) is 0 Å². The van der Waals surface area contributed by atoms with Gasteiger partial charge < -0.3 is 15.8 Å². The van der Waals surface area contributed by atoms with Crippen molar-refractivity contribution < 1.29 is 4.74 Å². The Kier molecular flexibility index (Phi) is 9.11. The number of nitrogens with one attached hydrogen (secondary N) is 1. The molecule has 1 atom stereocenters. The minimum atomic E-state index is 0. The van der Waals surface area contributed by atoms with Crippen LogP contribution in [0.25, 0.3) is 0 Å². The maximum Gasteiger partial charge on any atom is 0.188 e. The van der Waals surface area contributed by atoms with Gasteiger partial charge in [0.05, 0.1) is 25.8 Å². The fourth-order valence-electron chi connectivity index (χ4n) is 2.39. The van der Waals surface area contributed by atoms with E-state index >= 15 is 0 Å². The fourth-order valence-corrected chi connectivity index (χ4v) is 3.39. The molecule has 1 saturated heterocycles. The topological polar surface area (TPSA) is 62.9 Å². The van der Waals surface area contributed by atoms with E-state index in [-0.39, 0.29) is 30.0 Å². The lowest BCUT2D eigenvalue weighted by Gasteiger charge is -2.33. The lowest BCUT2D eigenvalue weighted by atomic mass is 10.2. The molecule has 2 rings (SSSR count). The molecule has 23 heavy (non-hydrogen) atoms. The molecule has 0 spiro atoms. The van der Waals surface area contributed by atoms with Crippen LogP contribution in [0.2, 0.25) is 0 Å². The Labute approximate surface area is 160 Å². The van der Waals surface area contributed by atoms with Gasteiger partial charge in [-0.3, -0.25) is 9.89 Å². The van der Waals surface area contributed by atoms with Gasteiger partial charge in [0, 0.05) is 29.4 Å². The van der Waals surface area contributed by atoms with Gasteiger partial charge in [0.1, 0.15) is 0 Å². The lowest BCUT2D eigenvalue weighted by Crippen LogP contribution is -2.40. The number of aryl methyl sites for hydroxylation is 1. The first-order valence-corrected chi connectivity index (χ1v) is 8.44. The van der Waals surface area contributed by atoms with E-state index in [0.717, 1.165) is 31.9 Å². The van der Waals surface area contributed by atoms with Gasteiger partial charge >= 0.3 is 0 Å². The lowest BCUT2D eigenvalue weighted by molar-refractivity contribution is 0.0187. The van der Waals surface area contributed by atoms with Gasteiger partial charge in [-0.2, -0.15) is 0 Å². The number of nitrogens with two attached hydrogens (primary N) is 1. The van der Waals surface area contributed by atoms with Gasteiger partial charge in [-0.15, -0.1) is 35.3 Å². The van der Waals surface area contributed by atoms with Gasteiger partial charge in [-0.05, 0) is 26.0 Å². The molecule has 1 aliphatic heterocycles. The molecule has 0 amide bonds. The molecular weight excluding hydrogens is 423 g/mol. The molecule has 1 aromatic rings. The third-order valence-electron chi connectivity index (χ3n) is 3.58. The number of hydrogen-bond donors (Lipinski definition) is 2. The molecule has 130 valence electrons. The maximum absolute atomic E-state index is 5.94. The molecule has 0 saturated carbocycles. The van der Waals surface area contributed by atoms with E-state index in [9.17, 15) is 0 Å². The largest absolute Gasteiger partial charge is 0.379 e. The fraction of sp³-hybridized carbons (Fsp3) is 0.562. The van der Waals surface area contributed by atoms with Crippen molar-refractivity contribution in [2.24, 2.45) is 10.7 Å². The Morgan fingerprint density at radius 2 is 2.17 bits per heavy atom. The van der Waals surface area contributed by atoms with Gasteiger partial charge in [0.25, 0.3) is 0 Å². The number of rotatable bonds is 6. The summed E-state index contributed by atoms with van der Waals surface area (Å²) in [5.74, 6) is 0.481. The zero-order valence-corrected chi connectivity index (χ0v) is 17.0. The van der Waals surface area contributed by atoms with Crippen molar-refractivity contribution in [3.63, 3.8) is 0 Å². The summed E-state index contributed by atoms with van der Waals surface area (Å²) in [5.41, 5.74) is 6.98. The second-order valence-electron chi connectivity index (χ2n) is 5.65. The average Bonchev–Trinajstić information content (AvgIpc) is 2.93. The van der Waals surface area contributed by atoms with E-state index in [0.29, 0.717) is 19.0 Å². The Hall–Kier alpha value is -0.640. The van der Waals surface area contributed by atoms with Crippen LogP contribution in [0.1, 0.15) is 22.7 Å². The number of guanidine groups is 1. The smallest absolute Gasteiger partial charge is 0.188 e. The van der Waals surface area contributed by atoms with Crippen molar-refractivity contribution in [1.29, 1.82) is 0 Å². The summed E-state index contributed by atoms with van der Waals surface area (Å²) in [4.78, 5) is 9.63. The molecule has 0 radical (unpaired) electrons. The molecule has 1 aliphatic rings. The maximum atomic E-state index is 5.94. The Balaban J connectivity index is 0.00000264. The highest BCUT2D eigenvalue weighted by Crippen LogP contribution is 2.28. The van der Waals surface area contributed by atoms with E-state index in [1.54, 1.807) is 0 Å². The quantitative estimate of drug-likeness (QED) is 0.303. The van der Waals surface area contributed by atoms with Crippen molar-refractivity contribution in [2.45, 2.75) is 19.9 Å². The molecule has 5 nitrogen and oxygen atoms in total. The van der Waals surface area contributed by atoms with Crippen molar-refractivity contribution in [3.05, 3.63) is 34.0 Å². The first-order valence-electron chi connectivity index (χ1n) is 7.62. The standard InChI is InChI=1S/C16H26N4OS.HI/c1-12(2)10-18-16(17)19-11-14(15-5-4-13(3)22-15)20-6-8-21-9-7-20;/h4-5,14H,1,6-11H2,2-3H3,(H3,17,18,19);1H. The normalized spacial score (nSPS) is 17.4. The second-order valence-corrected chi connectivity index (χ2v) is 6.97. The van der Waals surface area contributed by atoms with E-state index in [1.807, 2.05) is 18.3 Å². The number of aliphatic imine (C=N–C) groups is 1. The summed E-state index contributed by atoms with van der Waals surface area (Å²) < 4.78 is 5.46. The van der Waals surface area contributed by atoms with E-state index in [2.05, 4.69) is 40.8 Å². The third-order valence-corrected chi connectivity index (χ3v) is 4.68. The van der Waals surface area contributed by atoms with Gasteiger partial charge in [0.2, 0.25) is 0 Å². The summed E-state index contributed by atoms with van der Waals surface area (Å²) in [5, 5.41) is 3.09. The Morgan fingerprint density at radius 1 is 1.48 bits per heavy atom. The van der Waals surface area contributed by atoms with Crippen molar-refractivity contribution in [2.75, 3.05) is 39.4 Å². The summed E-state index contributed by atoms with van der Waals surface area (Å²) in [7, 11) is 0. The number of hydrogen-bond acceptors (Lipinski definition) is 4. The van der Waals surface area contributed by atoms with Crippen LogP contribution in [0, 0.1) is 6.92 Å². The highest BCUT2D eigenvalue weighted by Gasteiger charge is 2.23. The average molecular weight is 450 g/mol. The number of morpholine rings is 1. The monoisotopic (exact) mass is 450 g/mol. The summed E-state index contributed by atoms with van der Waals surface area (Å²) in [6.07, 6.45) is 0. The highest BCUT2D eigenvalue weighted by molar-refractivity contribution is 14.0. The molecule has 0 aliphatic carbocycles. The van der Waals surface area contributed by atoms with E-state index in [1.165, 1.54) is 9.75 Å². The van der Waals surface area contributed by atoms with E-state index < -0.39 is 0 Å². The van der Waals surface area contributed by atoms with Crippen molar-refractivity contribution in [1.82, 2.24) is 10.2 Å². The van der Waals surface area contributed by atoms with Crippen LogP contribution >= 0.6 is 35.3 Å². The molecule has 1 aromatic heterocycles. The Bertz CT molecular complexity index is 526. The van der Waals surface area contributed by atoms with E-state index in [4.69, 9.17) is 10.5 Å². The number of halogens is 1. The Morgan fingerprint density at radius 3 is 2.74 bits per heavy atom. The van der Waals surface area contributed by atoms with Crippen LogP contribution < -0.4 is 11.1 Å². The molecule has 7 heteroatoms. The first-order chi connectivity index (χ1) is 10.6. The molecule has 3 N–H and O–H groups in total. The van der Waals surface area contributed by atoms with Gasteiger partial charge in [-0.25, -0.2) is 0 Å². The number of ether oxygens (including phenoxy) is 1. The molecule has 2 heterocycles. The van der Waals surface area contributed by atoms with Crippen LogP contribution in [0.15, 0.2) is 29.3 Å². The summed E-state index contributed by atoms with van der Waals surface area (Å²) in [6, 6.07) is 4.64. The molecule has 0 bridgehead atoms. The predicted octanol–water partition coefficient (Wildman–Crippen LogP) is 2.53. The van der Waals surface area contributed by atoms with Gasteiger partial charge in [-0.1, -0.05) is 12.2 Å². The summed E-state index contributed by atoms with van der Waals surface area (Å²) >= 11 is 1.83. The molecule has 1 unspecified atom stereocenters. The minimum absolute atomic E-state index is 0. The number of nitrogens with zero attached hydrogens (tertiary/aromatic N) is 2. The zero-order chi connectivity index (χ0) is 15.9. The third kappa shape index (κ3) is 6.78.